The van der Waals surface area contributed by atoms with E-state index >= 15 is 0 Å². The lowest BCUT2D eigenvalue weighted by atomic mass is 10.5. The third-order valence-corrected chi connectivity index (χ3v) is 5.15. The number of hydrogen-bond acceptors (Lipinski definition) is 3. The second-order valence-electron chi connectivity index (χ2n) is 2.91. The number of rotatable bonds is 8. The van der Waals surface area contributed by atoms with E-state index in [9.17, 15) is 8.78 Å². The minimum absolute atomic E-state index is 0.168. The molecule has 0 heterocycles. The minimum atomic E-state index is -3.86. The summed E-state index contributed by atoms with van der Waals surface area (Å²) in [5.41, 5.74) is -3.02. The summed E-state index contributed by atoms with van der Waals surface area (Å²) in [7, 11) is -3.86. The summed E-state index contributed by atoms with van der Waals surface area (Å²) in [6.45, 7) is 6.88. The largest absolute Gasteiger partial charge is 0.574 e. The molecule has 0 aliphatic carbocycles. The molecule has 0 aliphatic rings. The second-order valence-corrected chi connectivity index (χ2v) is 5.62. The third kappa shape index (κ3) is 3.48. The van der Waals surface area contributed by atoms with Crippen LogP contribution in [0, 0.1) is 0 Å². The van der Waals surface area contributed by atoms with Gasteiger partial charge in [0.15, 0.2) is 0 Å². The van der Waals surface area contributed by atoms with Gasteiger partial charge in [-0.2, -0.15) is 0 Å². The summed E-state index contributed by atoms with van der Waals surface area (Å²) in [6.07, 6.45) is -0.334. The third-order valence-electron chi connectivity index (χ3n) is 1.90. The predicted molar refractivity (Wildman–Crippen MR) is 55.9 cm³/mol. The maximum absolute atomic E-state index is 13.7. The molecular weight excluding hydrogens is 222 g/mol. The Balaban J connectivity index is 4.90. The van der Waals surface area contributed by atoms with E-state index in [2.05, 4.69) is 0 Å². The number of hydrogen-bond donors (Lipinski definition) is 0. The minimum Gasteiger partial charge on any atom is -0.370 e. The fraction of sp³-hybridized carbons (Fsp3) is 1.00. The smallest absolute Gasteiger partial charge is 0.370 e. The molecule has 0 unspecified atom stereocenters. The van der Waals surface area contributed by atoms with Gasteiger partial charge in [-0.3, -0.25) is 0 Å². The summed E-state index contributed by atoms with van der Waals surface area (Å²) in [5, 5.41) is 0. The van der Waals surface area contributed by atoms with Crippen molar-refractivity contribution in [3.63, 3.8) is 0 Å². The molecule has 0 N–H and O–H groups in total. The van der Waals surface area contributed by atoms with Crippen molar-refractivity contribution < 1.29 is 22.1 Å². The van der Waals surface area contributed by atoms with Gasteiger partial charge in [0.05, 0.1) is 0 Å². The fourth-order valence-electron chi connectivity index (χ4n) is 1.23. The molecule has 0 spiro atoms. The van der Waals surface area contributed by atoms with Gasteiger partial charge in [-0.15, -0.1) is 0 Å². The van der Waals surface area contributed by atoms with Gasteiger partial charge in [0.25, 0.3) is 0 Å². The van der Waals surface area contributed by atoms with E-state index in [4.69, 9.17) is 13.3 Å². The molecule has 6 heteroatoms. The van der Waals surface area contributed by atoms with Crippen LogP contribution in [0.25, 0.3) is 0 Å². The van der Waals surface area contributed by atoms with E-state index in [-0.39, 0.29) is 26.2 Å². The van der Waals surface area contributed by atoms with E-state index < -0.39 is 14.4 Å². The fourth-order valence-corrected chi connectivity index (χ4v) is 3.68. The van der Waals surface area contributed by atoms with Crippen molar-refractivity contribution in [3.05, 3.63) is 0 Å². The Morgan fingerprint density at radius 2 is 1.20 bits per heavy atom. The van der Waals surface area contributed by atoms with Crippen molar-refractivity contribution in [2.75, 3.05) is 19.8 Å². The molecule has 0 bridgehead atoms. The highest BCUT2D eigenvalue weighted by atomic mass is 28.4. The number of halogens is 2. The highest BCUT2D eigenvalue weighted by Gasteiger charge is 2.63. The van der Waals surface area contributed by atoms with Crippen LogP contribution in [0.5, 0.6) is 0 Å². The molecule has 0 aromatic carbocycles. The SMILES string of the molecule is CCO[Si](OCC)(OCC)C(F)(F)CC. The van der Waals surface area contributed by atoms with Crippen molar-refractivity contribution in [1.29, 1.82) is 0 Å². The van der Waals surface area contributed by atoms with Crippen LogP contribution in [0.15, 0.2) is 0 Å². The molecule has 3 nitrogen and oxygen atoms in total. The first-order valence-corrected chi connectivity index (χ1v) is 7.01. The van der Waals surface area contributed by atoms with Gasteiger partial charge in [0.2, 0.25) is 0 Å². The van der Waals surface area contributed by atoms with Gasteiger partial charge in [-0.1, -0.05) is 6.92 Å². The van der Waals surface area contributed by atoms with Crippen molar-refractivity contribution in [1.82, 2.24) is 0 Å². The van der Waals surface area contributed by atoms with Crippen LogP contribution in [0.3, 0.4) is 0 Å². The first kappa shape index (κ1) is 15.0. The molecule has 0 aliphatic heterocycles. The topological polar surface area (TPSA) is 27.7 Å². The highest BCUT2D eigenvalue weighted by Crippen LogP contribution is 2.33. The lowest BCUT2D eigenvalue weighted by molar-refractivity contribution is -0.0524. The summed E-state index contributed by atoms with van der Waals surface area (Å²) in [4.78, 5) is 0. The van der Waals surface area contributed by atoms with Gasteiger partial charge in [-0.05, 0) is 20.8 Å². The van der Waals surface area contributed by atoms with Crippen LogP contribution >= 0.6 is 0 Å². The molecule has 0 aromatic rings. The summed E-state index contributed by atoms with van der Waals surface area (Å²) < 4.78 is 42.8. The zero-order chi connectivity index (χ0) is 11.9. The van der Waals surface area contributed by atoms with E-state index in [0.29, 0.717) is 0 Å². The Hall–Kier alpha value is -0.0431. The van der Waals surface area contributed by atoms with Gasteiger partial charge in [0, 0.05) is 26.2 Å². The Kier molecular flexibility index (Phi) is 6.50. The molecule has 0 fully saturated rings. The highest BCUT2D eigenvalue weighted by molar-refractivity contribution is 6.63. The van der Waals surface area contributed by atoms with Gasteiger partial charge < -0.3 is 13.3 Å². The molecule has 92 valence electrons. The zero-order valence-corrected chi connectivity index (χ0v) is 10.8. The van der Waals surface area contributed by atoms with Crippen LogP contribution in [0.2, 0.25) is 0 Å². The van der Waals surface area contributed by atoms with E-state index in [0.717, 1.165) is 0 Å². The lowest BCUT2D eigenvalue weighted by Crippen LogP contribution is -2.60. The van der Waals surface area contributed by atoms with Gasteiger partial charge in [0.1, 0.15) is 0 Å². The standard InChI is InChI=1S/C9H20F2O3Si/c1-5-9(10,11)15(12-6-2,13-7-3)14-8-4/h5-8H2,1-4H3. The quantitative estimate of drug-likeness (QED) is 0.612. The van der Waals surface area contributed by atoms with Gasteiger partial charge in [-0.25, -0.2) is 8.78 Å². The summed E-state index contributed by atoms with van der Waals surface area (Å²) >= 11 is 0. The van der Waals surface area contributed by atoms with Crippen molar-refractivity contribution in [2.45, 2.75) is 39.7 Å². The van der Waals surface area contributed by atoms with Crippen LogP contribution in [0.4, 0.5) is 8.78 Å². The van der Waals surface area contributed by atoms with Crippen molar-refractivity contribution in [3.8, 4) is 0 Å². The maximum atomic E-state index is 13.7. The van der Waals surface area contributed by atoms with E-state index in [1.807, 2.05) is 0 Å². The molecule has 0 aromatic heterocycles. The van der Waals surface area contributed by atoms with Gasteiger partial charge >= 0.3 is 14.4 Å². The molecule has 0 amide bonds. The molecule has 0 rings (SSSR count). The van der Waals surface area contributed by atoms with Crippen molar-refractivity contribution in [2.24, 2.45) is 0 Å². The molecular formula is C9H20F2O3Si. The second kappa shape index (κ2) is 6.52. The van der Waals surface area contributed by atoms with Crippen LogP contribution in [-0.2, 0) is 13.3 Å². The summed E-state index contributed by atoms with van der Waals surface area (Å²) in [5.74, 6) is 0. The Bertz CT molecular complexity index is 162. The lowest BCUT2D eigenvalue weighted by Gasteiger charge is -2.33. The van der Waals surface area contributed by atoms with Crippen LogP contribution < -0.4 is 0 Å². The Labute approximate surface area is 91.1 Å². The molecule has 15 heavy (non-hydrogen) atoms. The first-order chi connectivity index (χ1) is 6.99. The molecule has 0 radical (unpaired) electrons. The van der Waals surface area contributed by atoms with Crippen molar-refractivity contribution >= 4 is 8.80 Å². The molecule has 0 saturated carbocycles. The van der Waals surface area contributed by atoms with Crippen LogP contribution in [-0.4, -0.2) is 34.2 Å². The molecule has 0 atom stereocenters. The number of alkyl halides is 2. The Morgan fingerprint density at radius 1 is 0.867 bits per heavy atom. The monoisotopic (exact) mass is 242 g/mol. The summed E-state index contributed by atoms with van der Waals surface area (Å²) in [6, 6.07) is 0. The maximum Gasteiger partial charge on any atom is 0.574 e. The first-order valence-electron chi connectivity index (χ1n) is 5.29. The average Bonchev–Trinajstić information content (AvgIpc) is 2.18. The van der Waals surface area contributed by atoms with Crippen LogP contribution in [0.1, 0.15) is 34.1 Å². The average molecular weight is 242 g/mol. The Morgan fingerprint density at radius 3 is 1.40 bits per heavy atom. The zero-order valence-electron chi connectivity index (χ0n) is 9.81. The van der Waals surface area contributed by atoms with E-state index in [1.54, 1.807) is 20.8 Å². The van der Waals surface area contributed by atoms with E-state index in [1.165, 1.54) is 6.92 Å². The predicted octanol–water partition coefficient (Wildman–Crippen LogP) is 2.62. The molecule has 0 saturated heterocycles. The normalized spacial score (nSPS) is 13.2.